The molecule has 1 amide bonds. The monoisotopic (exact) mass is 151 g/mol. The lowest BCUT2D eigenvalue weighted by Gasteiger charge is -2.32. The molecule has 2 heteroatoms. The van der Waals surface area contributed by atoms with Gasteiger partial charge in [-0.2, -0.15) is 0 Å². The van der Waals surface area contributed by atoms with Gasteiger partial charge in [-0.15, -0.1) is 0 Å². The third-order valence-corrected chi connectivity index (χ3v) is 2.64. The molecule has 0 spiro atoms. The summed E-state index contributed by atoms with van der Waals surface area (Å²) >= 11 is 0. The Kier molecular flexibility index (Phi) is 1.68. The lowest BCUT2D eigenvalue weighted by atomic mass is 9.83. The number of carbonyl (C=O) groups excluding carboxylic acids is 1. The molecule has 0 bridgehead atoms. The van der Waals surface area contributed by atoms with Crippen LogP contribution in [0.25, 0.3) is 0 Å². The van der Waals surface area contributed by atoms with E-state index in [-0.39, 0.29) is 5.91 Å². The Bertz CT molecular complexity index is 198. The van der Waals surface area contributed by atoms with Crippen LogP contribution in [0.15, 0.2) is 12.2 Å². The molecule has 2 aliphatic rings. The number of rotatable bonds is 0. The Balaban J connectivity index is 2.10. The van der Waals surface area contributed by atoms with E-state index in [1.165, 1.54) is 25.7 Å². The molecule has 1 aliphatic carbocycles. The van der Waals surface area contributed by atoms with Crippen LogP contribution < -0.4 is 5.32 Å². The van der Waals surface area contributed by atoms with Crippen LogP contribution in [-0.2, 0) is 4.79 Å². The Hall–Kier alpha value is -0.790. The zero-order valence-corrected chi connectivity index (χ0v) is 6.55. The Morgan fingerprint density at radius 3 is 3.09 bits per heavy atom. The van der Waals surface area contributed by atoms with Crippen LogP contribution >= 0.6 is 0 Å². The van der Waals surface area contributed by atoms with Gasteiger partial charge in [0.1, 0.15) is 0 Å². The van der Waals surface area contributed by atoms with Gasteiger partial charge in [0, 0.05) is 6.04 Å². The molecule has 2 atom stereocenters. The van der Waals surface area contributed by atoms with Crippen molar-refractivity contribution >= 4 is 5.91 Å². The molecule has 1 saturated carbocycles. The highest BCUT2D eigenvalue weighted by Crippen LogP contribution is 2.27. The molecule has 0 aromatic rings. The van der Waals surface area contributed by atoms with E-state index in [1.807, 2.05) is 0 Å². The van der Waals surface area contributed by atoms with Crippen LogP contribution in [0.1, 0.15) is 25.7 Å². The molecule has 11 heavy (non-hydrogen) atoms. The first kappa shape index (κ1) is 6.89. The number of hydrogen-bond acceptors (Lipinski definition) is 1. The molecule has 2 unspecified atom stereocenters. The summed E-state index contributed by atoms with van der Waals surface area (Å²) < 4.78 is 0. The summed E-state index contributed by atoms with van der Waals surface area (Å²) in [5.41, 5.74) is 0. The average Bonchev–Trinajstić information content (AvgIpc) is 2.04. The smallest absolute Gasteiger partial charge is 0.243 e. The van der Waals surface area contributed by atoms with Gasteiger partial charge < -0.3 is 5.32 Å². The van der Waals surface area contributed by atoms with Gasteiger partial charge >= 0.3 is 0 Å². The highest BCUT2D eigenvalue weighted by molar-refractivity contribution is 5.88. The standard InChI is InChI=1S/C9H13NO/c11-9-6-5-7-3-1-2-4-8(7)10-9/h5-8H,1-4H2,(H,10,11). The quantitative estimate of drug-likeness (QED) is 0.554. The summed E-state index contributed by atoms with van der Waals surface area (Å²) in [6.07, 6.45) is 8.76. The normalized spacial score (nSPS) is 36.2. The lowest BCUT2D eigenvalue weighted by Crippen LogP contribution is -2.43. The van der Waals surface area contributed by atoms with Gasteiger partial charge in [-0.05, 0) is 24.8 Å². The molecule has 0 radical (unpaired) electrons. The van der Waals surface area contributed by atoms with Crippen molar-refractivity contribution in [1.29, 1.82) is 0 Å². The van der Waals surface area contributed by atoms with Crippen LogP contribution in [0.3, 0.4) is 0 Å². The van der Waals surface area contributed by atoms with Gasteiger partial charge in [-0.3, -0.25) is 4.79 Å². The van der Waals surface area contributed by atoms with E-state index in [1.54, 1.807) is 6.08 Å². The van der Waals surface area contributed by atoms with Gasteiger partial charge in [0.25, 0.3) is 0 Å². The van der Waals surface area contributed by atoms with E-state index in [0.29, 0.717) is 12.0 Å². The largest absolute Gasteiger partial charge is 0.349 e. The fraction of sp³-hybridized carbons (Fsp3) is 0.667. The Morgan fingerprint density at radius 2 is 2.18 bits per heavy atom. The van der Waals surface area contributed by atoms with E-state index < -0.39 is 0 Å². The Morgan fingerprint density at radius 1 is 1.36 bits per heavy atom. The summed E-state index contributed by atoms with van der Waals surface area (Å²) in [5, 5.41) is 2.99. The fourth-order valence-electron chi connectivity index (χ4n) is 2.01. The van der Waals surface area contributed by atoms with E-state index in [2.05, 4.69) is 11.4 Å². The number of amides is 1. The van der Waals surface area contributed by atoms with E-state index >= 15 is 0 Å². The van der Waals surface area contributed by atoms with Crippen LogP contribution in [0.2, 0.25) is 0 Å². The third kappa shape index (κ3) is 1.30. The van der Waals surface area contributed by atoms with Crippen LogP contribution in [0.5, 0.6) is 0 Å². The molecule has 1 heterocycles. The molecule has 60 valence electrons. The van der Waals surface area contributed by atoms with Gasteiger partial charge in [-0.25, -0.2) is 0 Å². The van der Waals surface area contributed by atoms with E-state index in [9.17, 15) is 4.79 Å². The average molecular weight is 151 g/mol. The van der Waals surface area contributed by atoms with E-state index in [0.717, 1.165) is 0 Å². The maximum atomic E-state index is 10.9. The minimum absolute atomic E-state index is 0.0909. The molecule has 0 saturated heterocycles. The number of fused-ring (bicyclic) bond motifs is 1. The first-order valence-corrected chi connectivity index (χ1v) is 4.35. The first-order chi connectivity index (χ1) is 5.36. The molecule has 2 rings (SSSR count). The molecule has 2 nitrogen and oxygen atoms in total. The van der Waals surface area contributed by atoms with Crippen molar-refractivity contribution in [1.82, 2.24) is 5.32 Å². The maximum Gasteiger partial charge on any atom is 0.243 e. The summed E-state index contributed by atoms with van der Waals surface area (Å²) in [6, 6.07) is 0.446. The predicted octanol–water partition coefficient (Wildman–Crippen LogP) is 1.23. The molecular weight excluding hydrogens is 138 g/mol. The van der Waals surface area contributed by atoms with Crippen LogP contribution in [-0.4, -0.2) is 11.9 Å². The highest BCUT2D eigenvalue weighted by atomic mass is 16.1. The van der Waals surface area contributed by atoms with Crippen molar-refractivity contribution in [3.8, 4) is 0 Å². The van der Waals surface area contributed by atoms with Gasteiger partial charge in [0.15, 0.2) is 0 Å². The molecule has 0 aromatic heterocycles. The zero-order valence-electron chi connectivity index (χ0n) is 6.55. The minimum atomic E-state index is 0.0909. The second kappa shape index (κ2) is 2.68. The predicted molar refractivity (Wildman–Crippen MR) is 43.0 cm³/mol. The van der Waals surface area contributed by atoms with Crippen molar-refractivity contribution in [2.45, 2.75) is 31.7 Å². The number of nitrogens with one attached hydrogen (secondary N) is 1. The number of carbonyl (C=O) groups is 1. The topological polar surface area (TPSA) is 29.1 Å². The summed E-state index contributed by atoms with van der Waals surface area (Å²) in [4.78, 5) is 10.9. The zero-order chi connectivity index (χ0) is 7.68. The third-order valence-electron chi connectivity index (χ3n) is 2.64. The van der Waals surface area contributed by atoms with Crippen LogP contribution in [0, 0.1) is 5.92 Å². The molecule has 1 N–H and O–H groups in total. The maximum absolute atomic E-state index is 10.9. The lowest BCUT2D eigenvalue weighted by molar-refractivity contribution is -0.118. The highest BCUT2D eigenvalue weighted by Gasteiger charge is 2.26. The molecule has 1 fully saturated rings. The SMILES string of the molecule is O=C1C=CC2CCCCC2N1. The van der Waals surface area contributed by atoms with Crippen molar-refractivity contribution < 1.29 is 4.79 Å². The molecular formula is C9H13NO. The first-order valence-electron chi connectivity index (χ1n) is 4.35. The van der Waals surface area contributed by atoms with Crippen molar-refractivity contribution in [2.24, 2.45) is 5.92 Å². The summed E-state index contributed by atoms with van der Waals surface area (Å²) in [5.74, 6) is 0.717. The van der Waals surface area contributed by atoms with Gasteiger partial charge in [-0.1, -0.05) is 18.9 Å². The summed E-state index contributed by atoms with van der Waals surface area (Å²) in [6.45, 7) is 0. The van der Waals surface area contributed by atoms with Crippen LogP contribution in [0.4, 0.5) is 0 Å². The molecule has 1 aliphatic heterocycles. The second-order valence-electron chi connectivity index (χ2n) is 3.42. The van der Waals surface area contributed by atoms with Crippen molar-refractivity contribution in [3.05, 3.63) is 12.2 Å². The molecule has 0 aromatic carbocycles. The number of hydrogen-bond donors (Lipinski definition) is 1. The second-order valence-corrected chi connectivity index (χ2v) is 3.42. The van der Waals surface area contributed by atoms with Crippen molar-refractivity contribution in [3.63, 3.8) is 0 Å². The van der Waals surface area contributed by atoms with E-state index in [4.69, 9.17) is 0 Å². The van der Waals surface area contributed by atoms with Gasteiger partial charge in [0.2, 0.25) is 5.91 Å². The fourth-order valence-corrected chi connectivity index (χ4v) is 2.01. The summed E-state index contributed by atoms with van der Waals surface area (Å²) in [7, 11) is 0. The van der Waals surface area contributed by atoms with Crippen molar-refractivity contribution in [2.75, 3.05) is 0 Å². The minimum Gasteiger partial charge on any atom is -0.349 e. The Labute approximate surface area is 66.7 Å². The van der Waals surface area contributed by atoms with Gasteiger partial charge in [0.05, 0.1) is 0 Å².